The van der Waals surface area contributed by atoms with Crippen LogP contribution in [0.15, 0.2) is 47.3 Å². The highest BCUT2D eigenvalue weighted by Gasteiger charge is 2.28. The fraction of sp³-hybridized carbons (Fsp3) is 0.250. The van der Waals surface area contributed by atoms with Gasteiger partial charge in [-0.1, -0.05) is 36.7 Å². The summed E-state index contributed by atoms with van der Waals surface area (Å²) in [5, 5.41) is 11.2. The Kier molecular flexibility index (Phi) is 4.61. The van der Waals surface area contributed by atoms with Crippen molar-refractivity contribution < 1.29 is 0 Å². The molecule has 126 valence electrons. The third kappa shape index (κ3) is 3.42. The van der Waals surface area contributed by atoms with E-state index in [0.717, 1.165) is 27.7 Å². The first-order valence-corrected chi connectivity index (χ1v) is 8.52. The molecule has 0 bridgehead atoms. The first-order valence-electron chi connectivity index (χ1n) is 8.14. The lowest BCUT2D eigenvalue weighted by atomic mass is 9.79. The van der Waals surface area contributed by atoms with Crippen LogP contribution in [0.5, 0.6) is 0 Å². The average molecular weight is 352 g/mol. The Bertz CT molecular complexity index is 1040. The van der Waals surface area contributed by atoms with E-state index >= 15 is 0 Å². The van der Waals surface area contributed by atoms with E-state index < -0.39 is 5.41 Å². The molecule has 0 saturated carbocycles. The molecule has 0 aliphatic rings. The molecule has 0 spiro atoms. The van der Waals surface area contributed by atoms with E-state index in [1.54, 1.807) is 6.07 Å². The lowest BCUT2D eigenvalue weighted by Gasteiger charge is -2.22. The van der Waals surface area contributed by atoms with Gasteiger partial charge in [0, 0.05) is 23.2 Å². The first-order chi connectivity index (χ1) is 11.9. The molecule has 25 heavy (non-hydrogen) atoms. The van der Waals surface area contributed by atoms with Crippen LogP contribution in [0.3, 0.4) is 0 Å². The summed E-state index contributed by atoms with van der Waals surface area (Å²) in [6.45, 7) is 3.82. The third-order valence-electron chi connectivity index (χ3n) is 4.50. The zero-order valence-corrected chi connectivity index (χ0v) is 14.9. The molecule has 1 atom stereocenters. The van der Waals surface area contributed by atoms with Gasteiger partial charge in [0.2, 0.25) is 0 Å². The second kappa shape index (κ2) is 6.70. The number of aromatic nitrogens is 2. The van der Waals surface area contributed by atoms with Gasteiger partial charge in [-0.2, -0.15) is 5.26 Å². The van der Waals surface area contributed by atoms with E-state index in [9.17, 15) is 10.1 Å². The third-order valence-corrected chi connectivity index (χ3v) is 4.71. The number of hydrogen-bond acceptors (Lipinski definition) is 3. The second-order valence-corrected chi connectivity index (χ2v) is 6.74. The number of nitrogens with one attached hydrogen (secondary N) is 1. The van der Waals surface area contributed by atoms with Crippen LogP contribution in [0.25, 0.3) is 10.9 Å². The van der Waals surface area contributed by atoms with Crippen LogP contribution in [0.2, 0.25) is 5.15 Å². The number of pyridine rings is 2. The molecule has 0 aliphatic carbocycles. The highest BCUT2D eigenvalue weighted by atomic mass is 35.5. The van der Waals surface area contributed by atoms with Crippen LogP contribution in [0.1, 0.15) is 30.7 Å². The second-order valence-electron chi connectivity index (χ2n) is 6.35. The van der Waals surface area contributed by atoms with Crippen molar-refractivity contribution in [2.75, 3.05) is 0 Å². The minimum Gasteiger partial charge on any atom is -0.322 e. The largest absolute Gasteiger partial charge is 0.322 e. The van der Waals surface area contributed by atoms with E-state index in [1.165, 1.54) is 0 Å². The molecule has 0 aliphatic heterocycles. The van der Waals surface area contributed by atoms with E-state index in [2.05, 4.69) is 16.0 Å². The summed E-state index contributed by atoms with van der Waals surface area (Å²) < 4.78 is 0. The van der Waals surface area contributed by atoms with Gasteiger partial charge in [0.05, 0.1) is 11.5 Å². The molecule has 0 fully saturated rings. The molecular weight excluding hydrogens is 334 g/mol. The molecule has 3 rings (SSSR count). The summed E-state index contributed by atoms with van der Waals surface area (Å²) in [4.78, 5) is 19.3. The number of benzene rings is 1. The Hall–Kier alpha value is -2.64. The van der Waals surface area contributed by atoms with Crippen molar-refractivity contribution in [3.05, 3.63) is 74.8 Å². The van der Waals surface area contributed by atoms with Crippen molar-refractivity contribution in [1.82, 2.24) is 9.97 Å². The SMILES string of the molecule is CCc1cc2ccc(C(C)(C#N)Cc3cccc(Cl)n3)cc2[nH]c1=O. The number of H-pyrrole nitrogens is 1. The molecule has 2 aromatic heterocycles. The fourth-order valence-corrected chi connectivity index (χ4v) is 3.15. The molecule has 0 saturated heterocycles. The van der Waals surface area contributed by atoms with E-state index in [0.29, 0.717) is 18.0 Å². The van der Waals surface area contributed by atoms with Gasteiger partial charge in [-0.05, 0) is 48.6 Å². The lowest BCUT2D eigenvalue weighted by molar-refractivity contribution is 0.597. The van der Waals surface area contributed by atoms with Crippen LogP contribution < -0.4 is 5.56 Å². The molecular formula is C20H18ClN3O. The molecule has 1 unspecified atom stereocenters. The predicted octanol–water partition coefficient (Wildman–Crippen LogP) is 4.16. The minimum atomic E-state index is -0.772. The van der Waals surface area contributed by atoms with Gasteiger partial charge in [-0.25, -0.2) is 4.98 Å². The summed E-state index contributed by atoms with van der Waals surface area (Å²) in [6, 6.07) is 15.4. The highest BCUT2D eigenvalue weighted by molar-refractivity contribution is 6.29. The molecule has 1 aromatic carbocycles. The molecule has 3 aromatic rings. The van der Waals surface area contributed by atoms with Crippen LogP contribution in [-0.2, 0) is 18.3 Å². The van der Waals surface area contributed by atoms with Gasteiger partial charge < -0.3 is 4.98 Å². The maximum Gasteiger partial charge on any atom is 0.251 e. The van der Waals surface area contributed by atoms with Crippen molar-refractivity contribution in [1.29, 1.82) is 5.26 Å². The van der Waals surface area contributed by atoms with Crippen LogP contribution >= 0.6 is 11.6 Å². The maximum absolute atomic E-state index is 12.1. The minimum absolute atomic E-state index is 0.0812. The Morgan fingerprint density at radius 2 is 2.08 bits per heavy atom. The summed E-state index contributed by atoms with van der Waals surface area (Å²) in [5.41, 5.74) is 2.23. The summed E-state index contributed by atoms with van der Waals surface area (Å²) in [5.74, 6) is 0. The smallest absolute Gasteiger partial charge is 0.251 e. The van der Waals surface area contributed by atoms with Gasteiger partial charge in [0.1, 0.15) is 5.15 Å². The molecule has 2 heterocycles. The Labute approximate surface area is 151 Å². The zero-order valence-electron chi connectivity index (χ0n) is 14.1. The number of nitriles is 1. The summed E-state index contributed by atoms with van der Waals surface area (Å²) >= 11 is 5.95. The molecule has 0 radical (unpaired) electrons. The molecule has 0 amide bonds. The van der Waals surface area contributed by atoms with Gasteiger partial charge in [0.25, 0.3) is 5.56 Å². The lowest BCUT2D eigenvalue weighted by Crippen LogP contribution is -2.23. The molecule has 1 N–H and O–H groups in total. The van der Waals surface area contributed by atoms with Crippen molar-refractivity contribution >= 4 is 22.5 Å². The van der Waals surface area contributed by atoms with Crippen LogP contribution in [0, 0.1) is 11.3 Å². The number of fused-ring (bicyclic) bond motifs is 1. The van der Waals surface area contributed by atoms with E-state index in [4.69, 9.17) is 11.6 Å². The number of rotatable bonds is 4. The fourth-order valence-electron chi connectivity index (χ4n) is 2.97. The Morgan fingerprint density at radius 3 is 2.76 bits per heavy atom. The van der Waals surface area contributed by atoms with Crippen molar-refractivity contribution in [2.24, 2.45) is 0 Å². The van der Waals surface area contributed by atoms with E-state index in [1.807, 2.05) is 50.2 Å². The quantitative estimate of drug-likeness (QED) is 0.717. The normalized spacial score (nSPS) is 13.4. The topological polar surface area (TPSA) is 69.5 Å². The molecule has 4 nitrogen and oxygen atoms in total. The molecule has 5 heteroatoms. The van der Waals surface area contributed by atoms with Gasteiger partial charge in [0.15, 0.2) is 0 Å². The number of halogens is 1. The van der Waals surface area contributed by atoms with Crippen LogP contribution in [-0.4, -0.2) is 9.97 Å². The number of hydrogen-bond donors (Lipinski definition) is 1. The summed E-state index contributed by atoms with van der Waals surface area (Å²) in [6.07, 6.45) is 1.12. The standard InChI is InChI=1S/C20H18ClN3O/c1-3-13-9-14-7-8-15(10-17(14)24-19(13)25)20(2,12-22)11-16-5-4-6-18(21)23-16/h4-10H,3,11H2,1-2H3,(H,24,25). The first kappa shape index (κ1) is 17.2. The predicted molar refractivity (Wildman–Crippen MR) is 99.9 cm³/mol. The number of nitrogens with zero attached hydrogens (tertiary/aromatic N) is 2. The Balaban J connectivity index is 2.06. The Morgan fingerprint density at radius 1 is 1.28 bits per heavy atom. The highest BCUT2D eigenvalue weighted by Crippen LogP contribution is 2.29. The average Bonchev–Trinajstić information content (AvgIpc) is 2.60. The number of aryl methyl sites for hydroxylation is 1. The van der Waals surface area contributed by atoms with Crippen molar-refractivity contribution in [3.8, 4) is 6.07 Å². The monoisotopic (exact) mass is 351 g/mol. The van der Waals surface area contributed by atoms with Gasteiger partial charge >= 0.3 is 0 Å². The number of aromatic amines is 1. The van der Waals surface area contributed by atoms with Crippen molar-refractivity contribution in [3.63, 3.8) is 0 Å². The van der Waals surface area contributed by atoms with E-state index in [-0.39, 0.29) is 5.56 Å². The van der Waals surface area contributed by atoms with Gasteiger partial charge in [-0.3, -0.25) is 4.79 Å². The summed E-state index contributed by atoms with van der Waals surface area (Å²) in [7, 11) is 0. The van der Waals surface area contributed by atoms with Crippen LogP contribution in [0.4, 0.5) is 0 Å². The van der Waals surface area contributed by atoms with Gasteiger partial charge in [-0.15, -0.1) is 0 Å². The maximum atomic E-state index is 12.1. The van der Waals surface area contributed by atoms with Crippen molar-refractivity contribution in [2.45, 2.75) is 32.1 Å². The zero-order chi connectivity index (χ0) is 18.0.